The van der Waals surface area contributed by atoms with Crippen molar-refractivity contribution < 1.29 is 18.6 Å². The van der Waals surface area contributed by atoms with Gasteiger partial charge in [-0.25, -0.2) is 0 Å². The maximum absolute atomic E-state index is 5.70. The summed E-state index contributed by atoms with van der Waals surface area (Å²) >= 11 is 0. The van der Waals surface area contributed by atoms with Crippen LogP contribution in [0.15, 0.2) is 39.9 Å². The first-order valence-corrected chi connectivity index (χ1v) is 10.7. The molecule has 0 saturated carbocycles. The van der Waals surface area contributed by atoms with Crippen LogP contribution in [0.2, 0.25) is 0 Å². The molecule has 1 fully saturated rings. The molecule has 9 heteroatoms. The first-order valence-electron chi connectivity index (χ1n) is 10.7. The first kappa shape index (κ1) is 26.1. The summed E-state index contributed by atoms with van der Waals surface area (Å²) in [6.45, 7) is 3.59. The quantitative estimate of drug-likeness (QED) is 0.263. The number of aliphatic imine (C=N–C) groups is 1. The lowest BCUT2D eigenvalue weighted by molar-refractivity contribution is 0.215. The number of rotatable bonds is 10. The lowest BCUT2D eigenvalue weighted by atomic mass is 10.1. The van der Waals surface area contributed by atoms with Gasteiger partial charge in [-0.1, -0.05) is 0 Å². The highest BCUT2D eigenvalue weighted by Crippen LogP contribution is 2.34. The number of furan rings is 1. The van der Waals surface area contributed by atoms with E-state index >= 15 is 0 Å². The third kappa shape index (κ3) is 6.68. The summed E-state index contributed by atoms with van der Waals surface area (Å²) < 4.78 is 22.1. The molecule has 0 aliphatic carbocycles. The van der Waals surface area contributed by atoms with Crippen molar-refractivity contribution in [3.63, 3.8) is 0 Å². The predicted molar refractivity (Wildman–Crippen MR) is 137 cm³/mol. The van der Waals surface area contributed by atoms with Crippen LogP contribution in [0.25, 0.3) is 0 Å². The molecule has 0 amide bonds. The van der Waals surface area contributed by atoms with Gasteiger partial charge in [-0.3, -0.25) is 9.89 Å². The number of guanidine groups is 1. The predicted octanol–water partition coefficient (Wildman–Crippen LogP) is 3.47. The van der Waals surface area contributed by atoms with Crippen LogP contribution >= 0.6 is 24.0 Å². The molecule has 3 rings (SSSR count). The molecule has 0 spiro atoms. The Labute approximate surface area is 207 Å². The number of likely N-dealkylation sites (tertiary alicyclic amines) is 1. The average molecular weight is 558 g/mol. The van der Waals surface area contributed by atoms with Crippen molar-refractivity contribution >= 4 is 29.9 Å². The van der Waals surface area contributed by atoms with Gasteiger partial charge < -0.3 is 29.3 Å². The van der Waals surface area contributed by atoms with Crippen molar-refractivity contribution in [2.24, 2.45) is 4.99 Å². The minimum absolute atomic E-state index is 0. The zero-order valence-electron chi connectivity index (χ0n) is 19.3. The molecule has 0 radical (unpaired) electrons. The van der Waals surface area contributed by atoms with Gasteiger partial charge in [-0.05, 0) is 44.5 Å². The molecule has 1 saturated heterocycles. The summed E-state index contributed by atoms with van der Waals surface area (Å²) in [5.74, 6) is 3.93. The van der Waals surface area contributed by atoms with Gasteiger partial charge in [0, 0.05) is 37.8 Å². The van der Waals surface area contributed by atoms with Crippen molar-refractivity contribution in [3.8, 4) is 17.2 Å². The average Bonchev–Trinajstić information content (AvgIpc) is 3.52. The standard InChI is InChI=1S/C23H34N4O4.HI/c1-24-23(26-16-19(20-8-7-13-31-20)27-11-5-6-12-27)25-10-9-18-21(29-3)14-17(28-2)15-22(18)30-4;/h7-8,13-15,19H,5-6,9-12,16H2,1-4H3,(H2,24,25,26);1H. The molecule has 2 heterocycles. The smallest absolute Gasteiger partial charge is 0.191 e. The minimum Gasteiger partial charge on any atom is -0.496 e. The van der Waals surface area contributed by atoms with Gasteiger partial charge in [0.15, 0.2) is 5.96 Å². The summed E-state index contributed by atoms with van der Waals surface area (Å²) in [5.41, 5.74) is 0.985. The lowest BCUT2D eigenvalue weighted by Gasteiger charge is -2.26. The fourth-order valence-corrected chi connectivity index (χ4v) is 3.99. The number of nitrogens with one attached hydrogen (secondary N) is 2. The van der Waals surface area contributed by atoms with Crippen LogP contribution in [0, 0.1) is 0 Å². The summed E-state index contributed by atoms with van der Waals surface area (Å²) in [7, 11) is 6.71. The molecule has 178 valence electrons. The van der Waals surface area contributed by atoms with Crippen molar-refractivity contribution in [1.82, 2.24) is 15.5 Å². The molecule has 1 aliphatic rings. The Balaban J connectivity index is 0.00000363. The highest BCUT2D eigenvalue weighted by atomic mass is 127. The number of nitrogens with zero attached hydrogens (tertiary/aromatic N) is 2. The Morgan fingerprint density at radius 3 is 2.31 bits per heavy atom. The van der Waals surface area contributed by atoms with Crippen LogP contribution in [0.3, 0.4) is 0 Å². The fraction of sp³-hybridized carbons (Fsp3) is 0.522. The zero-order chi connectivity index (χ0) is 22.1. The molecule has 2 aromatic rings. The molecular formula is C23H35IN4O4. The van der Waals surface area contributed by atoms with Gasteiger partial charge in [-0.15, -0.1) is 24.0 Å². The Morgan fingerprint density at radius 1 is 1.09 bits per heavy atom. The van der Waals surface area contributed by atoms with Crippen molar-refractivity contribution in [3.05, 3.63) is 41.9 Å². The van der Waals surface area contributed by atoms with Crippen LogP contribution in [0.4, 0.5) is 0 Å². The van der Waals surface area contributed by atoms with E-state index in [1.165, 1.54) is 12.8 Å². The van der Waals surface area contributed by atoms with E-state index in [1.807, 2.05) is 24.3 Å². The molecular weight excluding hydrogens is 523 g/mol. The Hall–Kier alpha value is -2.14. The van der Waals surface area contributed by atoms with Crippen LogP contribution in [0.1, 0.15) is 30.2 Å². The summed E-state index contributed by atoms with van der Waals surface area (Å²) in [5, 5.41) is 6.84. The normalized spacial score (nSPS) is 15.1. The SMILES string of the molecule is CN=C(NCCc1c(OC)cc(OC)cc1OC)NCC(c1ccco1)N1CCCC1.I. The molecule has 2 N–H and O–H groups in total. The van der Waals surface area contributed by atoms with E-state index in [9.17, 15) is 0 Å². The third-order valence-electron chi connectivity index (χ3n) is 5.62. The molecule has 8 nitrogen and oxygen atoms in total. The number of benzene rings is 1. The van der Waals surface area contributed by atoms with Gasteiger partial charge in [0.1, 0.15) is 23.0 Å². The van der Waals surface area contributed by atoms with Crippen molar-refractivity contribution in [1.29, 1.82) is 0 Å². The van der Waals surface area contributed by atoms with E-state index in [0.29, 0.717) is 18.7 Å². The van der Waals surface area contributed by atoms with E-state index in [-0.39, 0.29) is 30.0 Å². The summed E-state index contributed by atoms with van der Waals surface area (Å²) in [6.07, 6.45) is 4.91. The maximum atomic E-state index is 5.70. The number of hydrogen-bond donors (Lipinski definition) is 2. The maximum Gasteiger partial charge on any atom is 0.191 e. The van der Waals surface area contributed by atoms with E-state index in [1.54, 1.807) is 34.6 Å². The third-order valence-corrected chi connectivity index (χ3v) is 5.62. The molecule has 0 bridgehead atoms. The second-order valence-corrected chi connectivity index (χ2v) is 7.41. The van der Waals surface area contributed by atoms with Gasteiger partial charge in [-0.2, -0.15) is 0 Å². The van der Waals surface area contributed by atoms with E-state index in [0.717, 1.165) is 48.4 Å². The van der Waals surface area contributed by atoms with Crippen molar-refractivity contribution in [2.75, 3.05) is 54.6 Å². The van der Waals surface area contributed by atoms with Gasteiger partial charge in [0.25, 0.3) is 0 Å². The number of hydrogen-bond acceptors (Lipinski definition) is 6. The van der Waals surface area contributed by atoms with Crippen LogP contribution in [-0.2, 0) is 6.42 Å². The highest BCUT2D eigenvalue weighted by Gasteiger charge is 2.25. The second-order valence-electron chi connectivity index (χ2n) is 7.41. The molecule has 1 aromatic heterocycles. The van der Waals surface area contributed by atoms with Crippen LogP contribution in [-0.4, -0.2) is 65.4 Å². The first-order chi connectivity index (χ1) is 15.2. The van der Waals surface area contributed by atoms with Crippen LogP contribution < -0.4 is 24.8 Å². The highest BCUT2D eigenvalue weighted by molar-refractivity contribution is 14.0. The Kier molecular flexibility index (Phi) is 10.9. The van der Waals surface area contributed by atoms with Gasteiger partial charge >= 0.3 is 0 Å². The Morgan fingerprint density at radius 2 is 1.78 bits per heavy atom. The van der Waals surface area contributed by atoms with Gasteiger partial charge in [0.05, 0.1) is 33.6 Å². The molecule has 32 heavy (non-hydrogen) atoms. The Bertz CT molecular complexity index is 814. The molecule has 1 aromatic carbocycles. The largest absolute Gasteiger partial charge is 0.496 e. The second kappa shape index (κ2) is 13.4. The van der Waals surface area contributed by atoms with Crippen molar-refractivity contribution in [2.45, 2.75) is 25.3 Å². The number of methoxy groups -OCH3 is 3. The fourth-order valence-electron chi connectivity index (χ4n) is 3.99. The lowest BCUT2D eigenvalue weighted by Crippen LogP contribution is -2.43. The van der Waals surface area contributed by atoms with E-state index < -0.39 is 0 Å². The topological polar surface area (TPSA) is 80.5 Å². The summed E-state index contributed by atoms with van der Waals surface area (Å²) in [6, 6.07) is 7.92. The zero-order valence-corrected chi connectivity index (χ0v) is 21.7. The monoisotopic (exact) mass is 558 g/mol. The van der Waals surface area contributed by atoms with Crippen LogP contribution in [0.5, 0.6) is 17.2 Å². The number of halogens is 1. The van der Waals surface area contributed by atoms with E-state index in [4.69, 9.17) is 18.6 Å². The summed E-state index contributed by atoms with van der Waals surface area (Å²) in [4.78, 5) is 6.84. The number of ether oxygens (including phenoxy) is 3. The van der Waals surface area contributed by atoms with E-state index in [2.05, 4.69) is 20.5 Å². The molecule has 1 atom stereocenters. The minimum atomic E-state index is 0. The van der Waals surface area contributed by atoms with Gasteiger partial charge in [0.2, 0.25) is 0 Å². The molecule has 1 aliphatic heterocycles. The molecule has 1 unspecified atom stereocenters.